The Labute approximate surface area is 134 Å². The number of hydrogen-bond acceptors (Lipinski definition) is 5. The van der Waals surface area contributed by atoms with Gasteiger partial charge in [-0.15, -0.1) is 11.3 Å². The average Bonchev–Trinajstić information content (AvgIpc) is 3.13. The fourth-order valence-electron chi connectivity index (χ4n) is 3.13. The fourth-order valence-corrected chi connectivity index (χ4v) is 6.19. The van der Waals surface area contributed by atoms with Crippen molar-refractivity contribution in [2.75, 3.05) is 32.7 Å². The zero-order valence-electron chi connectivity index (χ0n) is 12.5. The number of nitrogens with one attached hydrogen (secondary N) is 2. The maximum atomic E-state index is 12.7. The van der Waals surface area contributed by atoms with Crippen molar-refractivity contribution in [2.24, 2.45) is 11.8 Å². The first-order valence-corrected chi connectivity index (χ1v) is 9.76. The van der Waals surface area contributed by atoms with Crippen LogP contribution in [-0.4, -0.2) is 51.4 Å². The number of carbonyl (C=O) groups is 1. The highest BCUT2D eigenvalue weighted by Gasteiger charge is 2.41. The zero-order chi connectivity index (χ0) is 15.7. The first kappa shape index (κ1) is 15.9. The van der Waals surface area contributed by atoms with E-state index in [0.29, 0.717) is 42.1 Å². The van der Waals surface area contributed by atoms with Crippen LogP contribution in [0.2, 0.25) is 0 Å². The van der Waals surface area contributed by atoms with E-state index in [2.05, 4.69) is 10.6 Å². The lowest BCUT2D eigenvalue weighted by Crippen LogP contribution is -2.31. The lowest BCUT2D eigenvalue weighted by molar-refractivity contribution is -0.118. The largest absolute Gasteiger partial charge is 0.356 e. The molecule has 122 valence electrons. The van der Waals surface area contributed by atoms with Gasteiger partial charge in [0.2, 0.25) is 5.91 Å². The Morgan fingerprint density at radius 3 is 2.68 bits per heavy atom. The van der Waals surface area contributed by atoms with E-state index >= 15 is 0 Å². The number of rotatable bonds is 5. The normalized spacial score (nSPS) is 25.3. The summed E-state index contributed by atoms with van der Waals surface area (Å²) >= 11 is 1.31. The molecule has 2 N–H and O–H groups in total. The van der Waals surface area contributed by atoms with E-state index in [4.69, 9.17) is 0 Å². The number of hydrogen-bond donors (Lipinski definition) is 2. The molecule has 0 saturated carbocycles. The molecule has 6 nitrogen and oxygen atoms in total. The first-order chi connectivity index (χ1) is 10.5. The minimum atomic E-state index is -3.36. The summed E-state index contributed by atoms with van der Waals surface area (Å²) in [6.07, 6.45) is 0.662. The van der Waals surface area contributed by atoms with E-state index < -0.39 is 10.0 Å². The molecular weight excluding hydrogens is 322 g/mol. The van der Waals surface area contributed by atoms with Crippen molar-refractivity contribution in [3.05, 3.63) is 17.0 Å². The molecule has 1 aromatic heterocycles. The third-order valence-corrected chi connectivity index (χ3v) is 7.78. The summed E-state index contributed by atoms with van der Waals surface area (Å²) in [6.45, 7) is 5.10. The molecule has 2 saturated heterocycles. The minimum Gasteiger partial charge on any atom is -0.356 e. The molecular formula is C14H21N3O3S2. The molecule has 0 bridgehead atoms. The standard InChI is InChI=1S/C14H21N3O3S2/c1-10(18)16-5-4-13-2-3-14(21-13)22(19,20)17-8-11-6-15-7-12(11)9-17/h2-3,11-12,15H,4-9H2,1H3,(H,16,18)/t11-,12+. The maximum Gasteiger partial charge on any atom is 0.252 e. The Kier molecular flexibility index (Phi) is 4.54. The topological polar surface area (TPSA) is 78.5 Å². The maximum absolute atomic E-state index is 12.7. The molecule has 1 aromatic rings. The average molecular weight is 343 g/mol. The van der Waals surface area contributed by atoms with E-state index in [0.717, 1.165) is 18.0 Å². The second kappa shape index (κ2) is 6.27. The molecule has 2 aliphatic rings. The number of thiophene rings is 1. The monoisotopic (exact) mass is 343 g/mol. The molecule has 1 amide bonds. The Bertz CT molecular complexity index is 644. The molecule has 3 rings (SSSR count). The molecule has 0 spiro atoms. The quantitative estimate of drug-likeness (QED) is 0.804. The van der Waals surface area contributed by atoms with E-state index in [1.54, 1.807) is 10.4 Å². The van der Waals surface area contributed by atoms with Gasteiger partial charge in [-0.2, -0.15) is 4.31 Å². The third kappa shape index (κ3) is 3.19. The van der Waals surface area contributed by atoms with Gasteiger partial charge in [0.1, 0.15) is 4.21 Å². The van der Waals surface area contributed by atoms with Gasteiger partial charge in [-0.3, -0.25) is 4.79 Å². The van der Waals surface area contributed by atoms with Crippen LogP contribution in [0.5, 0.6) is 0 Å². The molecule has 3 heterocycles. The van der Waals surface area contributed by atoms with Crippen LogP contribution in [-0.2, 0) is 21.2 Å². The van der Waals surface area contributed by atoms with E-state index in [9.17, 15) is 13.2 Å². The zero-order valence-corrected chi connectivity index (χ0v) is 14.2. The summed E-state index contributed by atoms with van der Waals surface area (Å²) in [4.78, 5) is 11.8. The van der Waals surface area contributed by atoms with Gasteiger partial charge in [0.05, 0.1) is 0 Å². The molecule has 2 fully saturated rings. The summed E-state index contributed by atoms with van der Waals surface area (Å²) in [5, 5.41) is 6.04. The Morgan fingerprint density at radius 2 is 2.05 bits per heavy atom. The van der Waals surface area contributed by atoms with Gasteiger partial charge in [0, 0.05) is 31.4 Å². The van der Waals surface area contributed by atoms with Crippen molar-refractivity contribution in [3.8, 4) is 0 Å². The van der Waals surface area contributed by atoms with Crippen LogP contribution >= 0.6 is 11.3 Å². The van der Waals surface area contributed by atoms with Crippen LogP contribution in [0.15, 0.2) is 16.3 Å². The van der Waals surface area contributed by atoms with Crippen LogP contribution in [0.4, 0.5) is 0 Å². The summed E-state index contributed by atoms with van der Waals surface area (Å²) in [5.74, 6) is 0.838. The molecule has 2 aliphatic heterocycles. The summed E-state index contributed by atoms with van der Waals surface area (Å²) in [6, 6.07) is 3.53. The lowest BCUT2D eigenvalue weighted by Gasteiger charge is -2.16. The highest BCUT2D eigenvalue weighted by atomic mass is 32.2. The minimum absolute atomic E-state index is 0.0679. The van der Waals surface area contributed by atoms with Gasteiger partial charge in [-0.05, 0) is 43.5 Å². The smallest absolute Gasteiger partial charge is 0.252 e. The van der Waals surface area contributed by atoms with E-state index in [1.807, 2.05) is 6.07 Å². The summed E-state index contributed by atoms with van der Waals surface area (Å²) in [5.41, 5.74) is 0. The highest BCUT2D eigenvalue weighted by Crippen LogP contribution is 2.33. The van der Waals surface area contributed by atoms with E-state index in [-0.39, 0.29) is 5.91 Å². The summed E-state index contributed by atoms with van der Waals surface area (Å²) in [7, 11) is -3.36. The van der Waals surface area contributed by atoms with E-state index in [1.165, 1.54) is 18.3 Å². The number of sulfonamides is 1. The molecule has 0 aliphatic carbocycles. The SMILES string of the molecule is CC(=O)NCCc1ccc(S(=O)(=O)N2C[C@H]3CNC[C@H]3C2)s1. The van der Waals surface area contributed by atoms with Crippen molar-refractivity contribution in [1.29, 1.82) is 0 Å². The Balaban J connectivity index is 1.65. The molecule has 8 heteroatoms. The van der Waals surface area contributed by atoms with Crippen LogP contribution in [0.3, 0.4) is 0 Å². The molecule has 0 radical (unpaired) electrons. The van der Waals surface area contributed by atoms with Gasteiger partial charge in [0.25, 0.3) is 10.0 Å². The van der Waals surface area contributed by atoms with Gasteiger partial charge in [-0.25, -0.2) is 8.42 Å². The van der Waals surface area contributed by atoms with Crippen molar-refractivity contribution in [1.82, 2.24) is 14.9 Å². The second-order valence-corrected chi connectivity index (χ2v) is 9.29. The molecule has 22 heavy (non-hydrogen) atoms. The highest BCUT2D eigenvalue weighted by molar-refractivity contribution is 7.91. The fraction of sp³-hybridized carbons (Fsp3) is 0.643. The van der Waals surface area contributed by atoms with Crippen LogP contribution in [0.1, 0.15) is 11.8 Å². The summed E-state index contributed by atoms with van der Waals surface area (Å²) < 4.78 is 27.5. The van der Waals surface area contributed by atoms with Gasteiger partial charge < -0.3 is 10.6 Å². The third-order valence-electron chi connectivity index (χ3n) is 4.33. The van der Waals surface area contributed by atoms with Gasteiger partial charge in [0.15, 0.2) is 0 Å². The van der Waals surface area contributed by atoms with Crippen LogP contribution < -0.4 is 10.6 Å². The Hall–Kier alpha value is -0.960. The Morgan fingerprint density at radius 1 is 1.36 bits per heavy atom. The van der Waals surface area contributed by atoms with Crippen LogP contribution in [0, 0.1) is 11.8 Å². The number of nitrogens with zero attached hydrogens (tertiary/aromatic N) is 1. The van der Waals surface area contributed by atoms with Gasteiger partial charge in [-0.1, -0.05) is 0 Å². The van der Waals surface area contributed by atoms with Crippen molar-refractivity contribution in [2.45, 2.75) is 17.6 Å². The second-order valence-electron chi connectivity index (χ2n) is 5.95. The van der Waals surface area contributed by atoms with Crippen LogP contribution in [0.25, 0.3) is 0 Å². The van der Waals surface area contributed by atoms with Crippen molar-refractivity contribution < 1.29 is 13.2 Å². The molecule has 0 aromatic carbocycles. The van der Waals surface area contributed by atoms with Gasteiger partial charge >= 0.3 is 0 Å². The number of fused-ring (bicyclic) bond motifs is 1. The predicted molar refractivity (Wildman–Crippen MR) is 85.3 cm³/mol. The number of carbonyl (C=O) groups excluding carboxylic acids is 1. The molecule has 2 atom stereocenters. The lowest BCUT2D eigenvalue weighted by atomic mass is 10.0. The first-order valence-electron chi connectivity index (χ1n) is 7.51. The number of amides is 1. The molecule has 0 unspecified atom stereocenters. The van der Waals surface area contributed by atoms with Crippen molar-refractivity contribution >= 4 is 27.3 Å². The predicted octanol–water partition coefficient (Wildman–Crippen LogP) is 0.267. The van der Waals surface area contributed by atoms with Crippen molar-refractivity contribution in [3.63, 3.8) is 0 Å².